The molecule has 1 heterocycles. The fourth-order valence-corrected chi connectivity index (χ4v) is 3.53. The highest BCUT2D eigenvalue weighted by atomic mass is 32.1. The smallest absolute Gasteiger partial charge is 0.299 e. The van der Waals surface area contributed by atoms with Crippen molar-refractivity contribution in [2.45, 2.75) is 45.8 Å². The first-order valence-corrected chi connectivity index (χ1v) is 9.85. The van der Waals surface area contributed by atoms with Gasteiger partial charge >= 0.3 is 0 Å². The van der Waals surface area contributed by atoms with Crippen LogP contribution >= 0.6 is 11.3 Å². The summed E-state index contributed by atoms with van der Waals surface area (Å²) >= 11 is 1.44. The number of nitrogens with one attached hydrogen (secondary N) is 1. The average molecular weight is 399 g/mol. The number of rotatable bonds is 6. The van der Waals surface area contributed by atoms with E-state index in [1.54, 1.807) is 14.0 Å². The Hall–Kier alpha value is -2.78. The number of thiophene rings is 1. The van der Waals surface area contributed by atoms with E-state index in [0.717, 1.165) is 16.2 Å². The lowest BCUT2D eigenvalue weighted by molar-refractivity contribution is -0.138. The van der Waals surface area contributed by atoms with E-state index >= 15 is 0 Å². The maximum absolute atomic E-state index is 13.1. The van der Waals surface area contributed by atoms with Crippen LogP contribution in [-0.4, -0.2) is 29.4 Å². The van der Waals surface area contributed by atoms with Crippen LogP contribution in [-0.2, 0) is 16.1 Å². The first-order chi connectivity index (χ1) is 13.2. The average Bonchev–Trinajstić information content (AvgIpc) is 3.14. The molecule has 0 spiro atoms. The van der Waals surface area contributed by atoms with Crippen LogP contribution in [0.2, 0.25) is 0 Å². The summed E-state index contributed by atoms with van der Waals surface area (Å²) in [4.78, 5) is 28.3. The first kappa shape index (κ1) is 21.5. The van der Waals surface area contributed by atoms with Crippen LogP contribution < -0.4 is 10.1 Å². The Morgan fingerprint density at radius 2 is 1.89 bits per heavy atom. The molecule has 0 aliphatic rings. The van der Waals surface area contributed by atoms with Crippen LogP contribution in [0.15, 0.2) is 41.8 Å². The van der Waals surface area contributed by atoms with E-state index in [4.69, 9.17) is 4.74 Å². The second-order valence-corrected chi connectivity index (χ2v) is 8.29. The normalized spacial score (nSPS) is 11.8. The summed E-state index contributed by atoms with van der Waals surface area (Å²) in [6.07, 6.45) is 0. The molecule has 1 N–H and O–H groups in total. The molecule has 1 aromatic heterocycles. The van der Waals surface area contributed by atoms with Gasteiger partial charge < -0.3 is 15.0 Å². The maximum atomic E-state index is 13.1. The molecule has 0 saturated carbocycles. The van der Waals surface area contributed by atoms with Crippen LogP contribution in [0.25, 0.3) is 0 Å². The third kappa shape index (κ3) is 5.86. The highest BCUT2D eigenvalue weighted by molar-refractivity contribution is 7.10. The minimum Gasteiger partial charge on any atom is -0.497 e. The molecule has 0 aliphatic carbocycles. The molecule has 2 rings (SSSR count). The minimum absolute atomic E-state index is 0.227. The zero-order valence-electron chi connectivity index (χ0n) is 16.9. The predicted octanol–water partition coefficient (Wildman–Crippen LogP) is 3.76. The van der Waals surface area contributed by atoms with Gasteiger partial charge in [-0.05, 0) is 62.8 Å². The van der Waals surface area contributed by atoms with Crippen molar-refractivity contribution >= 4 is 23.2 Å². The molecule has 1 unspecified atom stereocenters. The van der Waals surface area contributed by atoms with Crippen molar-refractivity contribution in [2.24, 2.45) is 0 Å². The third-order valence-corrected chi connectivity index (χ3v) is 4.80. The van der Waals surface area contributed by atoms with Crippen molar-refractivity contribution < 1.29 is 14.3 Å². The summed E-state index contributed by atoms with van der Waals surface area (Å²) in [6, 6.07) is 10.4. The zero-order valence-corrected chi connectivity index (χ0v) is 17.7. The lowest BCUT2D eigenvalue weighted by Crippen LogP contribution is -2.48. The molecule has 0 radical (unpaired) electrons. The number of nitrogens with zero attached hydrogens (tertiary/aromatic N) is 1. The quantitative estimate of drug-likeness (QED) is 0.754. The van der Waals surface area contributed by atoms with Crippen molar-refractivity contribution in [1.29, 1.82) is 0 Å². The van der Waals surface area contributed by atoms with E-state index in [0.29, 0.717) is 0 Å². The number of methoxy groups -OCH3 is 1. The Bertz CT molecular complexity index is 856. The van der Waals surface area contributed by atoms with E-state index in [1.165, 1.54) is 16.2 Å². The summed E-state index contributed by atoms with van der Waals surface area (Å²) in [6.45, 7) is 7.62. The fourth-order valence-electron chi connectivity index (χ4n) is 2.70. The Morgan fingerprint density at radius 1 is 1.21 bits per heavy atom. The van der Waals surface area contributed by atoms with Gasteiger partial charge in [-0.1, -0.05) is 24.1 Å². The van der Waals surface area contributed by atoms with Crippen LogP contribution in [0.3, 0.4) is 0 Å². The number of hydrogen-bond acceptors (Lipinski definition) is 4. The van der Waals surface area contributed by atoms with Gasteiger partial charge in [0.2, 0.25) is 5.91 Å². The second-order valence-electron chi connectivity index (χ2n) is 7.31. The molecule has 1 atom stereocenters. The van der Waals surface area contributed by atoms with Gasteiger partial charge in [0.1, 0.15) is 11.8 Å². The fraction of sp³-hybridized carbons (Fsp3) is 0.364. The monoisotopic (exact) mass is 398 g/mol. The molecule has 5 nitrogen and oxygen atoms in total. The van der Waals surface area contributed by atoms with Crippen molar-refractivity contribution in [3.8, 4) is 17.6 Å². The number of ether oxygens (including phenoxy) is 1. The maximum Gasteiger partial charge on any atom is 0.299 e. The van der Waals surface area contributed by atoms with Crippen LogP contribution in [0.4, 0.5) is 0 Å². The van der Waals surface area contributed by atoms with Gasteiger partial charge in [-0.2, -0.15) is 0 Å². The van der Waals surface area contributed by atoms with Crippen molar-refractivity contribution in [1.82, 2.24) is 10.2 Å². The first-order valence-electron chi connectivity index (χ1n) is 8.97. The summed E-state index contributed by atoms with van der Waals surface area (Å²) in [5.74, 6) is 5.35. The Balaban J connectivity index is 2.43. The van der Waals surface area contributed by atoms with Gasteiger partial charge in [0.25, 0.3) is 5.91 Å². The van der Waals surface area contributed by atoms with Gasteiger partial charge in [0.05, 0.1) is 7.11 Å². The predicted molar refractivity (Wildman–Crippen MR) is 112 cm³/mol. The Morgan fingerprint density at radius 3 is 2.39 bits per heavy atom. The van der Waals surface area contributed by atoms with E-state index in [1.807, 2.05) is 62.5 Å². The Labute approximate surface area is 170 Å². The molecule has 0 aliphatic heterocycles. The third-order valence-electron chi connectivity index (χ3n) is 3.88. The van der Waals surface area contributed by atoms with Gasteiger partial charge in [-0.3, -0.25) is 9.59 Å². The molecule has 28 heavy (non-hydrogen) atoms. The highest BCUT2D eigenvalue weighted by Crippen LogP contribution is 2.28. The Kier molecular flexibility index (Phi) is 7.24. The molecule has 148 valence electrons. The number of carbonyl (C=O) groups is 2. The topological polar surface area (TPSA) is 58.6 Å². The molecule has 6 heteroatoms. The van der Waals surface area contributed by atoms with E-state index in [9.17, 15) is 9.59 Å². The zero-order chi connectivity index (χ0) is 20.7. The standard InChI is InChI=1S/C22H26N2O3S/c1-6-8-19(25)24(15-16-10-12-17(27-5)13-11-16)20(18-9-7-14-28-18)21(26)23-22(2,3)4/h7,9-14,20H,15H2,1-5H3,(H,23,26). The van der Waals surface area contributed by atoms with Crippen molar-refractivity contribution in [3.05, 3.63) is 52.2 Å². The van der Waals surface area contributed by atoms with Gasteiger partial charge in [0.15, 0.2) is 0 Å². The lowest BCUT2D eigenvalue weighted by Gasteiger charge is -2.32. The van der Waals surface area contributed by atoms with Gasteiger partial charge in [-0.25, -0.2) is 0 Å². The number of benzene rings is 1. The molecule has 2 amide bonds. The number of amides is 2. The lowest BCUT2D eigenvalue weighted by atomic mass is 10.1. The van der Waals surface area contributed by atoms with Crippen LogP contribution in [0.5, 0.6) is 5.75 Å². The minimum atomic E-state index is -0.755. The molecule has 2 aromatic rings. The number of carbonyl (C=O) groups excluding carboxylic acids is 2. The molecule has 1 aromatic carbocycles. The van der Waals surface area contributed by atoms with E-state index in [2.05, 4.69) is 17.2 Å². The molecule has 0 fully saturated rings. The number of hydrogen-bond donors (Lipinski definition) is 1. The van der Waals surface area contributed by atoms with Gasteiger partial charge in [-0.15, -0.1) is 11.3 Å². The molecular formula is C22H26N2O3S. The van der Waals surface area contributed by atoms with Gasteiger partial charge in [0, 0.05) is 17.0 Å². The van der Waals surface area contributed by atoms with E-state index in [-0.39, 0.29) is 18.4 Å². The summed E-state index contributed by atoms with van der Waals surface area (Å²) in [5.41, 5.74) is 0.467. The van der Waals surface area contributed by atoms with Crippen LogP contribution in [0.1, 0.15) is 44.2 Å². The van der Waals surface area contributed by atoms with Crippen molar-refractivity contribution in [2.75, 3.05) is 7.11 Å². The van der Waals surface area contributed by atoms with E-state index < -0.39 is 11.6 Å². The largest absolute Gasteiger partial charge is 0.497 e. The molecule has 0 saturated heterocycles. The second kappa shape index (κ2) is 9.43. The SMILES string of the molecule is CC#CC(=O)N(Cc1ccc(OC)cc1)C(C(=O)NC(C)(C)C)c1cccs1. The molecule has 0 bridgehead atoms. The summed E-state index contributed by atoms with van der Waals surface area (Å²) in [7, 11) is 1.60. The van der Waals surface area contributed by atoms with Crippen LogP contribution in [0, 0.1) is 11.8 Å². The van der Waals surface area contributed by atoms with Crippen molar-refractivity contribution in [3.63, 3.8) is 0 Å². The summed E-state index contributed by atoms with van der Waals surface area (Å²) < 4.78 is 5.19. The highest BCUT2D eigenvalue weighted by Gasteiger charge is 2.33. The molecular weight excluding hydrogens is 372 g/mol. The summed E-state index contributed by atoms with van der Waals surface area (Å²) in [5, 5.41) is 4.89.